The number of rotatable bonds is 3. The molecule has 0 radical (unpaired) electrons. The summed E-state index contributed by atoms with van der Waals surface area (Å²) < 4.78 is 0. The van der Waals surface area contributed by atoms with E-state index in [0.29, 0.717) is 0 Å². The summed E-state index contributed by atoms with van der Waals surface area (Å²) in [6, 6.07) is 1.47. The van der Waals surface area contributed by atoms with Gasteiger partial charge in [0, 0.05) is 45.3 Å². The molecule has 2 aliphatic rings. The van der Waals surface area contributed by atoms with E-state index in [-0.39, 0.29) is 0 Å². The third-order valence-corrected chi connectivity index (χ3v) is 3.61. The van der Waals surface area contributed by atoms with E-state index >= 15 is 0 Å². The summed E-state index contributed by atoms with van der Waals surface area (Å²) >= 11 is 0. The largest absolute Gasteiger partial charge is 0.313 e. The van der Waals surface area contributed by atoms with Gasteiger partial charge >= 0.3 is 0 Å². The lowest BCUT2D eigenvalue weighted by atomic mass is 10.2. The lowest BCUT2D eigenvalue weighted by Crippen LogP contribution is -2.60. The van der Waals surface area contributed by atoms with Crippen LogP contribution in [0.5, 0.6) is 0 Å². The van der Waals surface area contributed by atoms with E-state index < -0.39 is 0 Å². The van der Waals surface area contributed by atoms with Gasteiger partial charge in [0.2, 0.25) is 0 Å². The molecule has 4 nitrogen and oxygen atoms in total. The lowest BCUT2D eigenvalue weighted by Gasteiger charge is -2.40. The van der Waals surface area contributed by atoms with Crippen LogP contribution >= 0.6 is 0 Å². The van der Waals surface area contributed by atoms with Gasteiger partial charge in [-0.25, -0.2) is 10.0 Å². The third kappa shape index (κ3) is 1.93. The second kappa shape index (κ2) is 4.14. The van der Waals surface area contributed by atoms with Crippen molar-refractivity contribution in [2.75, 3.05) is 47.3 Å². The minimum atomic E-state index is 0.732. The molecule has 0 aromatic rings. The summed E-state index contributed by atoms with van der Waals surface area (Å²) in [5.41, 5.74) is 0. The number of hydrogen-bond acceptors (Lipinski definition) is 4. The van der Waals surface area contributed by atoms with Crippen molar-refractivity contribution in [2.24, 2.45) is 0 Å². The van der Waals surface area contributed by atoms with Gasteiger partial charge in [0.25, 0.3) is 0 Å². The Kier molecular flexibility index (Phi) is 3.07. The van der Waals surface area contributed by atoms with Crippen LogP contribution < -0.4 is 5.32 Å². The topological polar surface area (TPSA) is 21.8 Å². The van der Waals surface area contributed by atoms with E-state index in [9.17, 15) is 0 Å². The summed E-state index contributed by atoms with van der Waals surface area (Å²) in [7, 11) is 6.59. The van der Waals surface area contributed by atoms with Crippen molar-refractivity contribution in [3.8, 4) is 0 Å². The van der Waals surface area contributed by atoms with E-state index in [0.717, 1.165) is 25.2 Å². The molecule has 0 amide bonds. The minimum absolute atomic E-state index is 0.732. The normalized spacial score (nSPS) is 30.2. The SMILES string of the molecule is CN(C)C1CCN(N(C)C2CNC2)C1. The smallest absolute Gasteiger partial charge is 0.0492 e. The molecule has 0 aliphatic carbocycles. The first-order valence-electron chi connectivity index (χ1n) is 5.53. The monoisotopic (exact) mass is 198 g/mol. The summed E-state index contributed by atoms with van der Waals surface area (Å²) in [4.78, 5) is 2.34. The Labute approximate surface area is 86.8 Å². The Morgan fingerprint density at radius 3 is 2.29 bits per heavy atom. The Balaban J connectivity index is 1.82. The van der Waals surface area contributed by atoms with Gasteiger partial charge in [-0.2, -0.15) is 0 Å². The van der Waals surface area contributed by atoms with Gasteiger partial charge in [0.15, 0.2) is 0 Å². The molecule has 2 fully saturated rings. The molecule has 0 saturated carbocycles. The van der Waals surface area contributed by atoms with Crippen molar-refractivity contribution in [1.82, 2.24) is 20.2 Å². The zero-order valence-corrected chi connectivity index (χ0v) is 9.53. The van der Waals surface area contributed by atoms with E-state index in [1.165, 1.54) is 19.5 Å². The van der Waals surface area contributed by atoms with Crippen molar-refractivity contribution in [3.05, 3.63) is 0 Å². The summed E-state index contributed by atoms with van der Waals surface area (Å²) in [6.45, 7) is 4.72. The predicted molar refractivity (Wildman–Crippen MR) is 58.1 cm³/mol. The molecule has 0 bridgehead atoms. The minimum Gasteiger partial charge on any atom is -0.313 e. The van der Waals surface area contributed by atoms with Gasteiger partial charge in [0.1, 0.15) is 0 Å². The Morgan fingerprint density at radius 1 is 1.14 bits per heavy atom. The molecule has 2 rings (SSSR count). The Bertz CT molecular complexity index is 191. The van der Waals surface area contributed by atoms with Crippen LogP contribution in [0.15, 0.2) is 0 Å². The molecule has 1 unspecified atom stereocenters. The van der Waals surface area contributed by atoms with Crippen molar-refractivity contribution < 1.29 is 0 Å². The number of hydrogen-bond donors (Lipinski definition) is 1. The van der Waals surface area contributed by atoms with Crippen LogP contribution in [0.2, 0.25) is 0 Å². The zero-order valence-electron chi connectivity index (χ0n) is 9.53. The fraction of sp³-hybridized carbons (Fsp3) is 1.00. The van der Waals surface area contributed by atoms with Gasteiger partial charge in [0.05, 0.1) is 0 Å². The maximum Gasteiger partial charge on any atom is 0.0492 e. The Morgan fingerprint density at radius 2 is 1.86 bits per heavy atom. The highest BCUT2D eigenvalue weighted by atomic mass is 15.6. The molecule has 2 aliphatic heterocycles. The average molecular weight is 198 g/mol. The molecular weight excluding hydrogens is 176 g/mol. The fourth-order valence-corrected chi connectivity index (χ4v) is 2.20. The van der Waals surface area contributed by atoms with E-state index in [4.69, 9.17) is 0 Å². The van der Waals surface area contributed by atoms with Crippen LogP contribution in [0, 0.1) is 0 Å². The molecular formula is C10H22N4. The molecule has 82 valence electrons. The second-order valence-electron chi connectivity index (χ2n) is 4.70. The fourth-order valence-electron chi connectivity index (χ4n) is 2.20. The summed E-state index contributed by atoms with van der Waals surface area (Å²) in [5, 5.41) is 8.25. The summed E-state index contributed by atoms with van der Waals surface area (Å²) in [5.74, 6) is 0. The molecule has 2 saturated heterocycles. The molecule has 0 spiro atoms. The van der Waals surface area contributed by atoms with Crippen LogP contribution in [0.3, 0.4) is 0 Å². The third-order valence-electron chi connectivity index (χ3n) is 3.61. The van der Waals surface area contributed by atoms with Crippen LogP contribution in [-0.4, -0.2) is 74.3 Å². The van der Waals surface area contributed by atoms with Crippen LogP contribution in [0.1, 0.15) is 6.42 Å². The highest BCUT2D eigenvalue weighted by Gasteiger charge is 2.31. The molecule has 1 atom stereocenters. The molecule has 1 N–H and O–H groups in total. The van der Waals surface area contributed by atoms with Crippen LogP contribution in [0.25, 0.3) is 0 Å². The maximum absolute atomic E-state index is 3.32. The molecule has 14 heavy (non-hydrogen) atoms. The molecule has 2 heterocycles. The second-order valence-corrected chi connectivity index (χ2v) is 4.70. The molecule has 0 aromatic carbocycles. The standard InChI is InChI=1S/C10H22N4/c1-12(2)9-4-5-14(8-9)13(3)10-6-11-7-10/h9-11H,4-8H2,1-3H3. The van der Waals surface area contributed by atoms with Crippen molar-refractivity contribution in [1.29, 1.82) is 0 Å². The van der Waals surface area contributed by atoms with Crippen LogP contribution in [0.4, 0.5) is 0 Å². The predicted octanol–water partition coefficient (Wildman–Crippen LogP) is -0.559. The summed E-state index contributed by atoms with van der Waals surface area (Å²) in [6.07, 6.45) is 1.30. The first kappa shape index (κ1) is 10.4. The number of likely N-dealkylation sites (N-methyl/N-ethyl adjacent to an activating group) is 2. The lowest BCUT2D eigenvalue weighted by molar-refractivity contribution is -0.0380. The highest BCUT2D eigenvalue weighted by molar-refractivity contribution is 4.86. The highest BCUT2D eigenvalue weighted by Crippen LogP contribution is 2.17. The number of hydrazine groups is 1. The number of nitrogens with one attached hydrogen (secondary N) is 1. The van der Waals surface area contributed by atoms with Crippen LogP contribution in [-0.2, 0) is 0 Å². The van der Waals surface area contributed by atoms with Gasteiger partial charge in [-0.3, -0.25) is 0 Å². The van der Waals surface area contributed by atoms with Gasteiger partial charge in [-0.15, -0.1) is 0 Å². The van der Waals surface area contributed by atoms with Crippen molar-refractivity contribution in [3.63, 3.8) is 0 Å². The molecule has 4 heteroatoms. The first-order chi connectivity index (χ1) is 6.68. The zero-order chi connectivity index (χ0) is 10.1. The van der Waals surface area contributed by atoms with Gasteiger partial charge in [-0.05, 0) is 20.5 Å². The quantitative estimate of drug-likeness (QED) is 0.656. The van der Waals surface area contributed by atoms with Gasteiger partial charge < -0.3 is 10.2 Å². The van der Waals surface area contributed by atoms with E-state index in [1.807, 2.05) is 0 Å². The maximum atomic E-state index is 3.32. The average Bonchev–Trinajstić information content (AvgIpc) is 2.48. The Hall–Kier alpha value is -0.160. The van der Waals surface area contributed by atoms with E-state index in [2.05, 4.69) is 41.4 Å². The number of nitrogens with zero attached hydrogens (tertiary/aromatic N) is 3. The van der Waals surface area contributed by atoms with Gasteiger partial charge in [-0.1, -0.05) is 0 Å². The van der Waals surface area contributed by atoms with Crippen molar-refractivity contribution in [2.45, 2.75) is 18.5 Å². The van der Waals surface area contributed by atoms with E-state index in [1.54, 1.807) is 0 Å². The molecule has 0 aromatic heterocycles. The first-order valence-corrected chi connectivity index (χ1v) is 5.53. The van der Waals surface area contributed by atoms with Crippen molar-refractivity contribution >= 4 is 0 Å².